The second-order valence-electron chi connectivity index (χ2n) is 9.19. The molecule has 3 N–H and O–H groups in total. The Morgan fingerprint density at radius 2 is 1.74 bits per heavy atom. The highest BCUT2D eigenvalue weighted by Gasteiger charge is 2.38. The van der Waals surface area contributed by atoms with Crippen molar-refractivity contribution in [2.24, 2.45) is 0 Å². The van der Waals surface area contributed by atoms with Crippen molar-refractivity contribution < 1.29 is 38.6 Å². The first-order valence-electron chi connectivity index (χ1n) is 12.1. The number of hydrogen-bond acceptors (Lipinski definition) is 8. The fraction of sp³-hybridized carbons (Fsp3) is 0.333. The minimum Gasteiger partial charge on any atom is -0.507 e. The number of ether oxygens (including phenoxy) is 1. The van der Waals surface area contributed by atoms with Crippen LogP contribution in [0.5, 0.6) is 5.75 Å². The number of hydrogen-bond donors (Lipinski definition) is 3. The van der Waals surface area contributed by atoms with E-state index >= 15 is 0 Å². The molecule has 206 valence electrons. The first-order valence-corrected chi connectivity index (χ1v) is 12.1. The number of phenolic OH excluding ortho intramolecular Hbond substituents is 1. The number of aldehydes is 1. The van der Waals surface area contributed by atoms with Crippen LogP contribution in [-0.4, -0.2) is 73.3 Å². The Morgan fingerprint density at radius 3 is 2.31 bits per heavy atom. The Bertz CT molecular complexity index is 1300. The van der Waals surface area contributed by atoms with Crippen LogP contribution in [-0.2, 0) is 23.9 Å². The number of ketones is 1. The van der Waals surface area contributed by atoms with Crippen LogP contribution < -0.4 is 20.4 Å². The molecule has 2 aromatic rings. The number of carbonyl (C=O) groups is 6. The summed E-state index contributed by atoms with van der Waals surface area (Å²) in [6, 6.07) is 6.88. The van der Waals surface area contributed by atoms with Gasteiger partial charge in [-0.1, -0.05) is 12.1 Å². The molecule has 0 fully saturated rings. The normalized spacial score (nSPS) is 15.5. The standard InChI is InChI=1S/C27H30N4O8/c1-15-9-18(10-16(2)24(15)35)25(36)29-20-12-31(27(38)39-4)22-8-6-5-7-21(22)30(26(20)37)13-23(34)28-19(14-32)11-17(3)33/h5-10,14,19-20,35H,11-13H2,1-4H3,(H,28,34)(H,29,36)/t19-,20-/m0/s1. The van der Waals surface area contributed by atoms with E-state index in [2.05, 4.69) is 10.6 Å². The number of anilines is 2. The van der Waals surface area contributed by atoms with Crippen molar-refractivity contribution in [1.29, 1.82) is 0 Å². The average Bonchev–Trinajstić information content (AvgIpc) is 3.01. The highest BCUT2D eigenvalue weighted by molar-refractivity contribution is 6.10. The molecule has 1 aliphatic rings. The maximum absolute atomic E-state index is 13.8. The summed E-state index contributed by atoms with van der Waals surface area (Å²) >= 11 is 0. The van der Waals surface area contributed by atoms with Crippen LogP contribution >= 0.6 is 0 Å². The minimum atomic E-state index is -1.30. The summed E-state index contributed by atoms with van der Waals surface area (Å²) in [5.74, 6) is -2.32. The Labute approximate surface area is 224 Å². The van der Waals surface area contributed by atoms with Crippen molar-refractivity contribution in [2.45, 2.75) is 39.3 Å². The number of para-hydroxylation sites is 2. The minimum absolute atomic E-state index is 0.0417. The summed E-state index contributed by atoms with van der Waals surface area (Å²) in [5.41, 5.74) is 1.57. The summed E-state index contributed by atoms with van der Waals surface area (Å²) in [4.78, 5) is 77.6. The van der Waals surface area contributed by atoms with Gasteiger partial charge in [0.25, 0.3) is 11.8 Å². The molecule has 12 nitrogen and oxygen atoms in total. The van der Waals surface area contributed by atoms with E-state index in [-0.39, 0.29) is 41.4 Å². The molecule has 0 spiro atoms. The number of methoxy groups -OCH3 is 1. The topological polar surface area (TPSA) is 162 Å². The second kappa shape index (κ2) is 12.2. The lowest BCUT2D eigenvalue weighted by Gasteiger charge is -2.25. The lowest BCUT2D eigenvalue weighted by molar-refractivity contribution is -0.126. The molecule has 39 heavy (non-hydrogen) atoms. The van der Waals surface area contributed by atoms with Crippen molar-refractivity contribution in [1.82, 2.24) is 10.6 Å². The molecular weight excluding hydrogens is 508 g/mol. The van der Waals surface area contributed by atoms with Crippen LogP contribution in [0.3, 0.4) is 0 Å². The molecule has 0 radical (unpaired) electrons. The molecule has 12 heteroatoms. The van der Waals surface area contributed by atoms with Crippen molar-refractivity contribution in [3.05, 3.63) is 53.1 Å². The third-order valence-corrected chi connectivity index (χ3v) is 6.17. The summed E-state index contributed by atoms with van der Waals surface area (Å²) in [7, 11) is 1.17. The van der Waals surface area contributed by atoms with Crippen LogP contribution in [0.2, 0.25) is 0 Å². The van der Waals surface area contributed by atoms with Gasteiger partial charge in [0.1, 0.15) is 30.4 Å². The van der Waals surface area contributed by atoms with E-state index in [1.807, 2.05) is 0 Å². The number of aromatic hydroxyl groups is 1. The quantitative estimate of drug-likeness (QED) is 0.425. The third-order valence-electron chi connectivity index (χ3n) is 6.17. The second-order valence-corrected chi connectivity index (χ2v) is 9.19. The first kappa shape index (κ1) is 28.8. The van der Waals surface area contributed by atoms with Crippen LogP contribution in [0.4, 0.5) is 16.2 Å². The van der Waals surface area contributed by atoms with E-state index in [4.69, 9.17) is 4.74 Å². The number of Topliss-reactive ketones (excluding diaryl/α,β-unsaturated/α-hetero) is 1. The Morgan fingerprint density at radius 1 is 1.13 bits per heavy atom. The summed E-state index contributed by atoms with van der Waals surface area (Å²) in [6.07, 6.45) is -0.569. The van der Waals surface area contributed by atoms with E-state index in [1.165, 1.54) is 37.1 Å². The zero-order valence-corrected chi connectivity index (χ0v) is 22.0. The molecule has 0 aliphatic carbocycles. The van der Waals surface area contributed by atoms with Gasteiger partial charge in [0.2, 0.25) is 5.91 Å². The molecule has 2 aromatic carbocycles. The van der Waals surface area contributed by atoms with Gasteiger partial charge >= 0.3 is 6.09 Å². The van der Waals surface area contributed by atoms with Gasteiger partial charge in [-0.15, -0.1) is 0 Å². The molecule has 0 bridgehead atoms. The maximum atomic E-state index is 13.8. The molecule has 3 rings (SSSR count). The first-order chi connectivity index (χ1) is 18.5. The van der Waals surface area contributed by atoms with Gasteiger partial charge in [-0.05, 0) is 56.2 Å². The van der Waals surface area contributed by atoms with Crippen molar-refractivity contribution in [3.8, 4) is 5.75 Å². The van der Waals surface area contributed by atoms with Gasteiger partial charge < -0.3 is 25.3 Å². The zero-order chi connectivity index (χ0) is 28.9. The van der Waals surface area contributed by atoms with Crippen molar-refractivity contribution in [2.75, 3.05) is 30.0 Å². The predicted octanol–water partition coefficient (Wildman–Crippen LogP) is 1.39. The molecule has 4 amide bonds. The number of fused-ring (bicyclic) bond motifs is 1. The third kappa shape index (κ3) is 6.58. The number of aryl methyl sites for hydroxylation is 2. The Kier molecular flexibility index (Phi) is 9.02. The monoisotopic (exact) mass is 538 g/mol. The van der Waals surface area contributed by atoms with Gasteiger partial charge in [-0.3, -0.25) is 29.0 Å². The molecular formula is C27H30N4O8. The largest absolute Gasteiger partial charge is 0.507 e. The molecule has 0 aromatic heterocycles. The van der Waals surface area contributed by atoms with Crippen molar-refractivity contribution in [3.63, 3.8) is 0 Å². The number of benzene rings is 2. The highest BCUT2D eigenvalue weighted by Crippen LogP contribution is 2.33. The van der Waals surface area contributed by atoms with Gasteiger partial charge in [0, 0.05) is 12.0 Å². The van der Waals surface area contributed by atoms with Gasteiger partial charge in [0.05, 0.1) is 31.1 Å². The highest BCUT2D eigenvalue weighted by atomic mass is 16.5. The molecule has 0 saturated carbocycles. The maximum Gasteiger partial charge on any atom is 0.414 e. The van der Waals surface area contributed by atoms with Gasteiger partial charge in [0.15, 0.2) is 0 Å². The molecule has 1 aliphatic heterocycles. The number of carbonyl (C=O) groups excluding carboxylic acids is 6. The number of nitrogens with zero attached hydrogens (tertiary/aromatic N) is 2. The predicted molar refractivity (Wildman–Crippen MR) is 141 cm³/mol. The number of rotatable bonds is 8. The van der Waals surface area contributed by atoms with E-state index in [1.54, 1.807) is 32.0 Å². The van der Waals surface area contributed by atoms with E-state index < -0.39 is 42.4 Å². The Hall–Kier alpha value is -4.74. The zero-order valence-electron chi connectivity index (χ0n) is 22.0. The number of amides is 4. The van der Waals surface area contributed by atoms with Crippen molar-refractivity contribution >= 4 is 47.3 Å². The Balaban J connectivity index is 1.98. The van der Waals surface area contributed by atoms with Gasteiger partial charge in [-0.25, -0.2) is 4.79 Å². The van der Waals surface area contributed by atoms with E-state index in [0.717, 1.165) is 4.90 Å². The smallest absolute Gasteiger partial charge is 0.414 e. The lowest BCUT2D eigenvalue weighted by Crippen LogP contribution is -2.54. The summed E-state index contributed by atoms with van der Waals surface area (Å²) in [5, 5.41) is 15.1. The fourth-order valence-corrected chi connectivity index (χ4v) is 4.31. The molecule has 2 atom stereocenters. The number of nitrogens with one attached hydrogen (secondary N) is 2. The molecule has 0 unspecified atom stereocenters. The van der Waals surface area contributed by atoms with Crippen LogP contribution in [0, 0.1) is 13.8 Å². The van der Waals surface area contributed by atoms with Crippen LogP contribution in [0.1, 0.15) is 34.8 Å². The fourth-order valence-electron chi connectivity index (χ4n) is 4.31. The summed E-state index contributed by atoms with van der Waals surface area (Å²) < 4.78 is 4.91. The molecule has 0 saturated heterocycles. The average molecular weight is 539 g/mol. The van der Waals surface area contributed by atoms with E-state index in [0.29, 0.717) is 17.4 Å². The molecule has 1 heterocycles. The van der Waals surface area contributed by atoms with Crippen LogP contribution in [0.25, 0.3) is 0 Å². The van der Waals surface area contributed by atoms with Crippen LogP contribution in [0.15, 0.2) is 36.4 Å². The number of phenols is 1. The SMILES string of the molecule is COC(=O)N1C[C@H](NC(=O)c2cc(C)c(O)c(C)c2)C(=O)N(CC(=O)N[C@H](C=O)CC(C)=O)c2ccccc21. The van der Waals surface area contributed by atoms with E-state index in [9.17, 15) is 33.9 Å². The lowest BCUT2D eigenvalue weighted by atomic mass is 10.0. The van der Waals surface area contributed by atoms with Gasteiger partial charge in [-0.2, -0.15) is 0 Å². The summed E-state index contributed by atoms with van der Waals surface area (Å²) in [6.45, 7) is 3.68.